The molecular weight excluding hydrogens is 510 g/mol. The number of nitrogens with zero attached hydrogens (tertiary/aromatic N) is 9. The number of furan rings is 1. The first-order valence-corrected chi connectivity index (χ1v) is 12.9. The second-order valence-electron chi connectivity index (χ2n) is 9.02. The summed E-state index contributed by atoms with van der Waals surface area (Å²) < 4.78 is 10.1. The van der Waals surface area contributed by atoms with E-state index in [9.17, 15) is 0 Å². The van der Waals surface area contributed by atoms with E-state index in [1.165, 1.54) is 6.33 Å². The maximum atomic E-state index is 5.95. The number of fused-ring (bicyclic) bond motifs is 9. The Bertz CT molecular complexity index is 2420. The van der Waals surface area contributed by atoms with Crippen molar-refractivity contribution < 1.29 is 4.42 Å². The molecule has 0 aliphatic heterocycles. The quantitative estimate of drug-likeness (QED) is 0.273. The first-order chi connectivity index (χ1) is 19.3. The van der Waals surface area contributed by atoms with Gasteiger partial charge in [0.25, 0.3) is 0 Å². The van der Waals surface area contributed by atoms with Gasteiger partial charge in [-0.05, 0) is 30.3 Å². The largest absolute Gasteiger partial charge is 0.453 e. The molecule has 0 spiro atoms. The van der Waals surface area contributed by atoms with Gasteiger partial charge in [-0.3, -0.25) is 19.5 Å². The predicted molar refractivity (Wildman–Crippen MR) is 149 cm³/mol. The molecule has 0 saturated heterocycles. The summed E-state index contributed by atoms with van der Waals surface area (Å²) in [5.74, 6) is 0.670. The lowest BCUT2D eigenvalue weighted by Gasteiger charge is -2.06. The van der Waals surface area contributed by atoms with Crippen molar-refractivity contribution in [2.75, 3.05) is 0 Å². The first-order valence-electron chi connectivity index (χ1n) is 12.1. The molecular formula is C28H13N9OS. The van der Waals surface area contributed by atoms with E-state index in [0.717, 1.165) is 58.9 Å². The molecule has 39 heavy (non-hydrogen) atoms. The van der Waals surface area contributed by atoms with Gasteiger partial charge in [-0.1, -0.05) is 0 Å². The Morgan fingerprint density at radius 2 is 1.72 bits per heavy atom. The summed E-state index contributed by atoms with van der Waals surface area (Å²) in [5, 5.41) is 2.69. The molecule has 0 aromatic carbocycles. The lowest BCUT2D eigenvalue weighted by atomic mass is 10.1. The van der Waals surface area contributed by atoms with Crippen LogP contribution in [0, 0.1) is 0 Å². The van der Waals surface area contributed by atoms with E-state index in [4.69, 9.17) is 19.4 Å². The van der Waals surface area contributed by atoms with Gasteiger partial charge in [-0.2, -0.15) is 0 Å². The van der Waals surface area contributed by atoms with Crippen molar-refractivity contribution in [3.05, 3.63) is 80.2 Å². The third-order valence-electron chi connectivity index (χ3n) is 6.93. The molecule has 0 bridgehead atoms. The van der Waals surface area contributed by atoms with Crippen LogP contribution in [0.5, 0.6) is 0 Å². The van der Waals surface area contributed by atoms with Crippen molar-refractivity contribution in [1.29, 1.82) is 0 Å². The molecule has 0 aliphatic rings. The molecule has 9 heterocycles. The Kier molecular flexibility index (Phi) is 3.99. The number of pyridine rings is 4. The molecule has 0 saturated carbocycles. The Hall–Kier alpha value is -5.42. The average Bonchev–Trinajstić information content (AvgIpc) is 3.66. The SMILES string of the molecule is c1cnc2c(c1)sc1c(-c3ncnc4c3c3ncncc3n4-c3ccc4oc5cnccc5c4n3)cncc12. The van der Waals surface area contributed by atoms with Crippen LogP contribution in [0.3, 0.4) is 0 Å². The van der Waals surface area contributed by atoms with Gasteiger partial charge < -0.3 is 4.42 Å². The molecule has 0 aliphatic carbocycles. The van der Waals surface area contributed by atoms with Crippen LogP contribution >= 0.6 is 11.3 Å². The van der Waals surface area contributed by atoms with E-state index in [0.29, 0.717) is 22.6 Å². The predicted octanol–water partition coefficient (Wildman–Crippen LogP) is 5.88. The van der Waals surface area contributed by atoms with Gasteiger partial charge in [0.15, 0.2) is 16.8 Å². The topological polar surface area (TPSA) is 121 Å². The Balaban J connectivity index is 1.38. The van der Waals surface area contributed by atoms with Crippen molar-refractivity contribution in [2.45, 2.75) is 0 Å². The molecule has 0 N–H and O–H groups in total. The van der Waals surface area contributed by atoms with E-state index in [1.54, 1.807) is 42.5 Å². The molecule has 9 aromatic rings. The Labute approximate surface area is 221 Å². The fourth-order valence-electron chi connectivity index (χ4n) is 5.29. The van der Waals surface area contributed by atoms with Crippen LogP contribution in [0.4, 0.5) is 0 Å². The summed E-state index contributed by atoms with van der Waals surface area (Å²) in [7, 11) is 0. The molecule has 0 fully saturated rings. The zero-order valence-electron chi connectivity index (χ0n) is 19.8. The highest BCUT2D eigenvalue weighted by atomic mass is 32.1. The highest BCUT2D eigenvalue weighted by Crippen LogP contribution is 2.41. The van der Waals surface area contributed by atoms with E-state index in [1.807, 2.05) is 41.2 Å². The standard InChI is InChI=1S/C28H13N9OS/c1-2-20-24(32-6-1)15-8-30-9-16(27(15)39-20)25-22-26-17(10-31-12-33-26)37(28(22)35-13-34-25)21-4-3-18-23(36-21)14-5-7-29-11-19(14)38-18/h1-13H. The van der Waals surface area contributed by atoms with Crippen LogP contribution in [0.1, 0.15) is 0 Å². The number of thiophene rings is 1. The Morgan fingerprint density at radius 3 is 2.72 bits per heavy atom. The lowest BCUT2D eigenvalue weighted by Crippen LogP contribution is -1.99. The molecule has 0 unspecified atom stereocenters. The monoisotopic (exact) mass is 523 g/mol. The summed E-state index contributed by atoms with van der Waals surface area (Å²) in [4.78, 5) is 36.8. The number of rotatable bonds is 2. The molecule has 182 valence electrons. The highest BCUT2D eigenvalue weighted by molar-refractivity contribution is 7.26. The highest BCUT2D eigenvalue weighted by Gasteiger charge is 2.23. The summed E-state index contributed by atoms with van der Waals surface area (Å²) in [6.07, 6.45) is 13.8. The van der Waals surface area contributed by atoms with Crippen molar-refractivity contribution in [3.8, 4) is 17.1 Å². The van der Waals surface area contributed by atoms with Crippen LogP contribution < -0.4 is 0 Å². The van der Waals surface area contributed by atoms with E-state index < -0.39 is 0 Å². The molecule has 10 nitrogen and oxygen atoms in total. The second kappa shape index (κ2) is 7.55. The summed E-state index contributed by atoms with van der Waals surface area (Å²) >= 11 is 1.67. The maximum Gasteiger partial charge on any atom is 0.155 e. The van der Waals surface area contributed by atoms with Gasteiger partial charge in [0.2, 0.25) is 0 Å². The molecule has 9 aromatic heterocycles. The van der Waals surface area contributed by atoms with Crippen LogP contribution in [-0.4, -0.2) is 44.4 Å². The van der Waals surface area contributed by atoms with E-state index >= 15 is 0 Å². The molecule has 0 amide bonds. The third-order valence-corrected chi connectivity index (χ3v) is 8.12. The van der Waals surface area contributed by atoms with E-state index in [2.05, 4.69) is 31.0 Å². The molecule has 0 atom stereocenters. The fourth-order valence-corrected chi connectivity index (χ4v) is 6.43. The fraction of sp³-hybridized carbons (Fsp3) is 0. The van der Waals surface area contributed by atoms with Crippen LogP contribution in [-0.2, 0) is 0 Å². The number of hydrogen-bond acceptors (Lipinski definition) is 10. The van der Waals surface area contributed by atoms with Gasteiger partial charge in [-0.15, -0.1) is 11.3 Å². The Morgan fingerprint density at radius 1 is 0.718 bits per heavy atom. The van der Waals surface area contributed by atoms with E-state index in [-0.39, 0.29) is 0 Å². The second-order valence-corrected chi connectivity index (χ2v) is 10.1. The lowest BCUT2D eigenvalue weighted by molar-refractivity contribution is 0.666. The zero-order chi connectivity index (χ0) is 25.5. The summed E-state index contributed by atoms with van der Waals surface area (Å²) in [6.45, 7) is 0. The molecule has 11 heteroatoms. The number of aromatic nitrogens is 9. The minimum atomic E-state index is 0.670. The summed E-state index contributed by atoms with van der Waals surface area (Å²) in [5.41, 5.74) is 6.87. The van der Waals surface area contributed by atoms with Crippen LogP contribution in [0.25, 0.3) is 81.5 Å². The van der Waals surface area contributed by atoms with Crippen LogP contribution in [0.15, 0.2) is 84.6 Å². The average molecular weight is 524 g/mol. The maximum absolute atomic E-state index is 5.95. The number of hydrogen-bond donors (Lipinski definition) is 0. The van der Waals surface area contributed by atoms with Crippen LogP contribution in [0.2, 0.25) is 0 Å². The third kappa shape index (κ3) is 2.79. The summed E-state index contributed by atoms with van der Waals surface area (Å²) in [6, 6.07) is 9.74. The van der Waals surface area contributed by atoms with Crippen molar-refractivity contribution >= 4 is 75.8 Å². The minimum absolute atomic E-state index is 0.670. The van der Waals surface area contributed by atoms with Crippen molar-refractivity contribution in [3.63, 3.8) is 0 Å². The molecule has 0 radical (unpaired) electrons. The minimum Gasteiger partial charge on any atom is -0.453 e. The molecule has 9 rings (SSSR count). The van der Waals surface area contributed by atoms with Gasteiger partial charge in [0.1, 0.15) is 29.5 Å². The first kappa shape index (κ1) is 20.6. The van der Waals surface area contributed by atoms with Gasteiger partial charge in [-0.25, -0.2) is 24.9 Å². The van der Waals surface area contributed by atoms with Crippen molar-refractivity contribution in [2.24, 2.45) is 0 Å². The van der Waals surface area contributed by atoms with Gasteiger partial charge in [0.05, 0.1) is 39.2 Å². The van der Waals surface area contributed by atoms with Gasteiger partial charge in [0, 0.05) is 45.8 Å². The van der Waals surface area contributed by atoms with Crippen molar-refractivity contribution in [1.82, 2.24) is 44.4 Å². The smallest absolute Gasteiger partial charge is 0.155 e. The zero-order valence-corrected chi connectivity index (χ0v) is 20.7. The normalized spacial score (nSPS) is 12.1. The van der Waals surface area contributed by atoms with Gasteiger partial charge >= 0.3 is 0 Å².